The minimum atomic E-state index is -0.733. The van der Waals surface area contributed by atoms with Gasteiger partial charge in [0.2, 0.25) is 5.91 Å². The molecule has 1 aliphatic heterocycles. The molecule has 1 amide bonds. The van der Waals surface area contributed by atoms with Gasteiger partial charge in [-0.05, 0) is 45.1 Å². The van der Waals surface area contributed by atoms with Crippen LogP contribution >= 0.6 is 0 Å². The third kappa shape index (κ3) is 3.08. The van der Waals surface area contributed by atoms with Crippen LogP contribution in [0.25, 0.3) is 0 Å². The zero-order valence-electron chi connectivity index (χ0n) is 11.6. The van der Waals surface area contributed by atoms with Gasteiger partial charge in [-0.25, -0.2) is 0 Å². The summed E-state index contributed by atoms with van der Waals surface area (Å²) in [5.74, 6) is -0.972. The molecular formula is C14H24N2O3. The Morgan fingerprint density at radius 1 is 1.37 bits per heavy atom. The van der Waals surface area contributed by atoms with E-state index in [0.29, 0.717) is 6.42 Å². The first-order valence-electron chi connectivity index (χ1n) is 7.36. The number of aliphatic carboxylic acids is 1. The molecule has 3 unspecified atom stereocenters. The molecule has 2 rings (SSSR count). The third-order valence-electron chi connectivity index (χ3n) is 4.64. The van der Waals surface area contributed by atoms with E-state index in [9.17, 15) is 9.59 Å². The number of rotatable bonds is 4. The maximum Gasteiger partial charge on any atom is 0.306 e. The number of amides is 1. The second-order valence-corrected chi connectivity index (χ2v) is 5.84. The first kappa shape index (κ1) is 14.3. The van der Waals surface area contributed by atoms with E-state index in [1.165, 1.54) is 0 Å². The minimum Gasteiger partial charge on any atom is -0.481 e. The maximum absolute atomic E-state index is 12.4. The number of carboxylic acids is 1. The average molecular weight is 268 g/mol. The Balaban J connectivity index is 1.93. The lowest BCUT2D eigenvalue weighted by atomic mass is 9.84. The smallest absolute Gasteiger partial charge is 0.306 e. The van der Waals surface area contributed by atoms with Crippen LogP contribution < -0.4 is 10.6 Å². The fourth-order valence-electron chi connectivity index (χ4n) is 3.33. The number of carbonyl (C=O) groups excluding carboxylic acids is 1. The second-order valence-electron chi connectivity index (χ2n) is 5.84. The molecule has 5 nitrogen and oxygen atoms in total. The molecular weight excluding hydrogens is 244 g/mol. The Bertz CT molecular complexity index is 351. The zero-order valence-corrected chi connectivity index (χ0v) is 11.6. The monoisotopic (exact) mass is 268 g/mol. The largest absolute Gasteiger partial charge is 0.481 e. The maximum atomic E-state index is 12.4. The third-order valence-corrected chi connectivity index (χ3v) is 4.64. The van der Waals surface area contributed by atoms with Crippen molar-refractivity contribution >= 4 is 11.9 Å². The molecule has 0 spiro atoms. The molecule has 1 saturated carbocycles. The Hall–Kier alpha value is -1.10. The highest BCUT2D eigenvalue weighted by Crippen LogP contribution is 2.27. The van der Waals surface area contributed by atoms with Crippen molar-refractivity contribution in [3.05, 3.63) is 0 Å². The molecule has 1 aliphatic carbocycles. The van der Waals surface area contributed by atoms with Gasteiger partial charge < -0.3 is 15.7 Å². The standard InChI is InChI=1S/C14H24N2O3/c1-2-14(7-4-8-15-14)13(19)16-11-6-3-5-10(9-11)12(17)18/h10-11,15H,2-9H2,1H3,(H,16,19)(H,17,18). The van der Waals surface area contributed by atoms with Gasteiger partial charge in [-0.3, -0.25) is 9.59 Å². The number of nitrogens with one attached hydrogen (secondary N) is 2. The molecule has 5 heteroatoms. The molecule has 0 aromatic rings. The lowest BCUT2D eigenvalue weighted by molar-refractivity contribution is -0.143. The van der Waals surface area contributed by atoms with Crippen molar-refractivity contribution < 1.29 is 14.7 Å². The summed E-state index contributed by atoms with van der Waals surface area (Å²) in [4.78, 5) is 23.5. The van der Waals surface area contributed by atoms with E-state index in [1.54, 1.807) is 0 Å². The molecule has 2 fully saturated rings. The van der Waals surface area contributed by atoms with Crippen molar-refractivity contribution in [1.82, 2.24) is 10.6 Å². The number of carboxylic acid groups (broad SMARTS) is 1. The Labute approximate surface area is 114 Å². The Morgan fingerprint density at radius 3 is 2.74 bits per heavy atom. The number of hydrogen-bond acceptors (Lipinski definition) is 3. The summed E-state index contributed by atoms with van der Waals surface area (Å²) in [5.41, 5.74) is -0.420. The van der Waals surface area contributed by atoms with Gasteiger partial charge in [0, 0.05) is 6.04 Å². The fourth-order valence-corrected chi connectivity index (χ4v) is 3.33. The summed E-state index contributed by atoms with van der Waals surface area (Å²) in [6.45, 7) is 2.92. The number of carbonyl (C=O) groups is 2. The summed E-state index contributed by atoms with van der Waals surface area (Å²) in [5, 5.41) is 15.5. The summed E-state index contributed by atoms with van der Waals surface area (Å²) in [6, 6.07) is 0.0215. The van der Waals surface area contributed by atoms with Crippen molar-refractivity contribution in [2.75, 3.05) is 6.54 Å². The molecule has 0 aromatic heterocycles. The molecule has 1 saturated heterocycles. The molecule has 3 atom stereocenters. The summed E-state index contributed by atoms with van der Waals surface area (Å²) in [7, 11) is 0. The van der Waals surface area contributed by atoms with Crippen molar-refractivity contribution in [1.29, 1.82) is 0 Å². The van der Waals surface area contributed by atoms with Crippen LogP contribution in [0.1, 0.15) is 51.9 Å². The lowest BCUT2D eigenvalue weighted by Crippen LogP contribution is -2.56. The van der Waals surface area contributed by atoms with Crippen LogP contribution in [-0.4, -0.2) is 35.1 Å². The van der Waals surface area contributed by atoms with E-state index in [4.69, 9.17) is 5.11 Å². The number of hydrogen-bond donors (Lipinski definition) is 3. The highest BCUT2D eigenvalue weighted by atomic mass is 16.4. The fraction of sp³-hybridized carbons (Fsp3) is 0.857. The predicted molar refractivity (Wildman–Crippen MR) is 71.8 cm³/mol. The van der Waals surface area contributed by atoms with E-state index in [0.717, 1.165) is 45.1 Å². The topological polar surface area (TPSA) is 78.4 Å². The van der Waals surface area contributed by atoms with Gasteiger partial charge in [-0.2, -0.15) is 0 Å². The quantitative estimate of drug-likeness (QED) is 0.717. The van der Waals surface area contributed by atoms with Gasteiger partial charge >= 0.3 is 5.97 Å². The SMILES string of the molecule is CCC1(C(=O)NC2CCCC(C(=O)O)C2)CCCN1. The van der Waals surface area contributed by atoms with Gasteiger partial charge in [0.1, 0.15) is 0 Å². The van der Waals surface area contributed by atoms with Crippen LogP contribution in [0.3, 0.4) is 0 Å². The molecule has 1 heterocycles. The molecule has 2 aliphatic rings. The van der Waals surface area contributed by atoms with Gasteiger partial charge in [0.05, 0.1) is 11.5 Å². The Kier molecular flexibility index (Phi) is 4.45. The van der Waals surface area contributed by atoms with Crippen LogP contribution in [-0.2, 0) is 9.59 Å². The molecule has 108 valence electrons. The van der Waals surface area contributed by atoms with E-state index < -0.39 is 11.5 Å². The van der Waals surface area contributed by atoms with Crippen molar-refractivity contribution in [2.24, 2.45) is 5.92 Å². The van der Waals surface area contributed by atoms with Crippen molar-refractivity contribution in [3.8, 4) is 0 Å². The predicted octanol–water partition coefficient (Wildman–Crippen LogP) is 1.28. The summed E-state index contributed by atoms with van der Waals surface area (Å²) in [6.07, 6.45) is 5.78. The zero-order chi connectivity index (χ0) is 13.9. The Morgan fingerprint density at radius 2 is 2.16 bits per heavy atom. The highest BCUT2D eigenvalue weighted by molar-refractivity contribution is 5.87. The first-order valence-corrected chi connectivity index (χ1v) is 7.36. The van der Waals surface area contributed by atoms with E-state index >= 15 is 0 Å². The van der Waals surface area contributed by atoms with Gasteiger partial charge in [0.25, 0.3) is 0 Å². The van der Waals surface area contributed by atoms with Gasteiger partial charge in [-0.15, -0.1) is 0 Å². The van der Waals surface area contributed by atoms with Crippen LogP contribution in [0.2, 0.25) is 0 Å². The molecule has 0 bridgehead atoms. The van der Waals surface area contributed by atoms with Crippen LogP contribution in [0.15, 0.2) is 0 Å². The van der Waals surface area contributed by atoms with E-state index in [1.807, 2.05) is 6.92 Å². The van der Waals surface area contributed by atoms with E-state index in [2.05, 4.69) is 10.6 Å². The average Bonchev–Trinajstić information content (AvgIpc) is 2.89. The van der Waals surface area contributed by atoms with E-state index in [-0.39, 0.29) is 17.9 Å². The van der Waals surface area contributed by atoms with Crippen LogP contribution in [0.4, 0.5) is 0 Å². The van der Waals surface area contributed by atoms with Crippen LogP contribution in [0, 0.1) is 5.92 Å². The van der Waals surface area contributed by atoms with Crippen LogP contribution in [0.5, 0.6) is 0 Å². The molecule has 0 radical (unpaired) electrons. The first-order chi connectivity index (χ1) is 9.07. The lowest BCUT2D eigenvalue weighted by Gasteiger charge is -2.32. The molecule has 19 heavy (non-hydrogen) atoms. The van der Waals surface area contributed by atoms with Gasteiger partial charge in [0.15, 0.2) is 0 Å². The van der Waals surface area contributed by atoms with Crippen molar-refractivity contribution in [2.45, 2.75) is 63.5 Å². The minimum absolute atomic E-state index is 0.0215. The molecule has 3 N–H and O–H groups in total. The summed E-state index contributed by atoms with van der Waals surface area (Å²) < 4.78 is 0. The van der Waals surface area contributed by atoms with Gasteiger partial charge in [-0.1, -0.05) is 13.3 Å². The summed E-state index contributed by atoms with van der Waals surface area (Å²) >= 11 is 0. The normalized spacial score (nSPS) is 35.0. The van der Waals surface area contributed by atoms with Crippen molar-refractivity contribution in [3.63, 3.8) is 0 Å². The highest BCUT2D eigenvalue weighted by Gasteiger charge is 2.40. The molecule has 0 aromatic carbocycles. The second kappa shape index (κ2) is 5.90.